The van der Waals surface area contributed by atoms with Crippen LogP contribution >= 0.6 is 11.6 Å². The van der Waals surface area contributed by atoms with Crippen molar-refractivity contribution < 1.29 is 19.1 Å². The zero-order valence-corrected chi connectivity index (χ0v) is 13.6. The molecule has 0 radical (unpaired) electrons. The average Bonchev–Trinajstić information content (AvgIpc) is 2.54. The van der Waals surface area contributed by atoms with Gasteiger partial charge in [-0.25, -0.2) is 9.18 Å². The zero-order chi connectivity index (χ0) is 17.7. The van der Waals surface area contributed by atoms with Gasteiger partial charge in [-0.1, -0.05) is 23.7 Å². The second kappa shape index (κ2) is 7.75. The second-order valence-corrected chi connectivity index (χ2v) is 5.58. The predicted octanol–water partition coefficient (Wildman–Crippen LogP) is 4.24. The fraction of sp³-hybridized carbons (Fsp3) is 0.111. The van der Waals surface area contributed by atoms with Gasteiger partial charge in [0.25, 0.3) is 0 Å². The van der Waals surface area contributed by atoms with Crippen LogP contribution in [0.5, 0.6) is 0 Å². The highest BCUT2D eigenvalue weighted by Crippen LogP contribution is 2.20. The molecule has 24 heavy (non-hydrogen) atoms. The molecule has 0 bridgehead atoms. The third-order valence-corrected chi connectivity index (χ3v) is 3.51. The number of carboxylic acid groups (broad SMARTS) is 1. The molecule has 2 rings (SSSR count). The van der Waals surface area contributed by atoms with Crippen molar-refractivity contribution in [3.63, 3.8) is 0 Å². The van der Waals surface area contributed by atoms with E-state index >= 15 is 0 Å². The van der Waals surface area contributed by atoms with Crippen molar-refractivity contribution in [2.75, 3.05) is 11.4 Å². The molecule has 1 N–H and O–H groups in total. The van der Waals surface area contributed by atoms with Crippen LogP contribution in [-0.2, 0) is 4.79 Å². The number of hydrogen-bond donors (Lipinski definition) is 1. The topological polar surface area (TPSA) is 57.6 Å². The van der Waals surface area contributed by atoms with Gasteiger partial charge >= 0.3 is 5.97 Å². The molecule has 0 atom stereocenters. The predicted molar refractivity (Wildman–Crippen MR) is 91.9 cm³/mol. The van der Waals surface area contributed by atoms with Crippen molar-refractivity contribution in [2.24, 2.45) is 0 Å². The van der Waals surface area contributed by atoms with E-state index in [2.05, 4.69) is 0 Å². The first-order valence-corrected chi connectivity index (χ1v) is 7.47. The van der Waals surface area contributed by atoms with Crippen molar-refractivity contribution in [3.8, 4) is 0 Å². The third-order valence-electron chi connectivity index (χ3n) is 3.21. The lowest BCUT2D eigenvalue weighted by Gasteiger charge is -2.19. The highest BCUT2D eigenvalue weighted by Gasteiger charge is 2.09. The van der Waals surface area contributed by atoms with E-state index in [0.29, 0.717) is 11.3 Å². The van der Waals surface area contributed by atoms with Gasteiger partial charge in [-0.15, -0.1) is 0 Å². The Morgan fingerprint density at radius 3 is 2.62 bits per heavy atom. The monoisotopic (exact) mass is 347 g/mol. The summed E-state index contributed by atoms with van der Waals surface area (Å²) in [6, 6.07) is 10.6. The van der Waals surface area contributed by atoms with Crippen molar-refractivity contribution in [2.45, 2.75) is 6.92 Å². The quantitative estimate of drug-likeness (QED) is 0.849. The maximum absolute atomic E-state index is 13.5. The molecule has 0 unspecified atom stereocenters. The van der Waals surface area contributed by atoms with Gasteiger partial charge in [0.1, 0.15) is 11.6 Å². The first kappa shape index (κ1) is 17.7. The fourth-order valence-electron chi connectivity index (χ4n) is 2.08. The van der Waals surface area contributed by atoms with E-state index in [4.69, 9.17) is 16.7 Å². The number of benzene rings is 2. The molecule has 0 aliphatic carbocycles. The molecule has 0 spiro atoms. The minimum Gasteiger partial charge on any atom is -0.478 e. The molecule has 2 aromatic carbocycles. The van der Waals surface area contributed by atoms with Crippen LogP contribution in [0, 0.1) is 5.82 Å². The maximum Gasteiger partial charge on any atom is 0.335 e. The van der Waals surface area contributed by atoms with Gasteiger partial charge in [0.2, 0.25) is 0 Å². The summed E-state index contributed by atoms with van der Waals surface area (Å²) in [5.74, 6) is -1.68. The van der Waals surface area contributed by atoms with Crippen LogP contribution < -0.4 is 4.90 Å². The second-order valence-electron chi connectivity index (χ2n) is 5.17. The van der Waals surface area contributed by atoms with Gasteiger partial charge in [-0.2, -0.15) is 0 Å². The highest BCUT2D eigenvalue weighted by atomic mass is 35.5. The van der Waals surface area contributed by atoms with Crippen molar-refractivity contribution >= 4 is 35.1 Å². The van der Waals surface area contributed by atoms with Crippen molar-refractivity contribution in [3.05, 3.63) is 70.6 Å². The van der Waals surface area contributed by atoms with Crippen LogP contribution in [0.4, 0.5) is 10.1 Å². The first-order chi connectivity index (χ1) is 11.4. The van der Waals surface area contributed by atoms with Crippen LogP contribution in [0.3, 0.4) is 0 Å². The number of nitrogens with zero attached hydrogens (tertiary/aromatic N) is 1. The standard InChI is InChI=1S/C18H15ClFNO3/c1-12(22)11-21(15-4-2-3-14(10-15)18(23)24)8-7-13-5-6-16(19)17(20)9-13/h2-10H,11H2,1H3,(H,23,24). The Balaban J connectivity index is 2.32. The van der Waals surface area contributed by atoms with Gasteiger partial charge in [0.05, 0.1) is 17.1 Å². The summed E-state index contributed by atoms with van der Waals surface area (Å²) in [4.78, 5) is 24.2. The molecule has 0 aliphatic rings. The molecule has 0 fully saturated rings. The van der Waals surface area contributed by atoms with Crippen LogP contribution in [0.2, 0.25) is 5.02 Å². The molecule has 0 saturated heterocycles. The number of halogens is 2. The highest BCUT2D eigenvalue weighted by molar-refractivity contribution is 6.30. The number of ketones is 1. The fourth-order valence-corrected chi connectivity index (χ4v) is 2.20. The van der Waals surface area contributed by atoms with Crippen LogP contribution in [0.15, 0.2) is 48.7 Å². The van der Waals surface area contributed by atoms with Crippen molar-refractivity contribution in [1.29, 1.82) is 0 Å². The molecule has 0 saturated carbocycles. The number of anilines is 1. The Bertz CT molecular complexity index is 805. The molecule has 0 heterocycles. The number of aromatic carboxylic acids is 1. The number of Topliss-reactive ketones (excluding diaryl/α,β-unsaturated/α-hetero) is 1. The van der Waals surface area contributed by atoms with Gasteiger partial charge in [-0.05, 0) is 48.9 Å². The van der Waals surface area contributed by atoms with E-state index in [1.165, 1.54) is 31.2 Å². The lowest BCUT2D eigenvalue weighted by atomic mass is 10.1. The number of carbonyl (C=O) groups excluding carboxylic acids is 1. The van der Waals surface area contributed by atoms with E-state index in [9.17, 15) is 14.0 Å². The summed E-state index contributed by atoms with van der Waals surface area (Å²) in [6.45, 7) is 1.50. The van der Waals surface area contributed by atoms with Gasteiger partial charge in [-0.3, -0.25) is 4.79 Å². The number of rotatable bonds is 6. The van der Waals surface area contributed by atoms with Gasteiger partial charge in [0, 0.05) is 11.9 Å². The number of hydrogen-bond acceptors (Lipinski definition) is 3. The molecule has 124 valence electrons. The van der Waals surface area contributed by atoms with Gasteiger partial charge < -0.3 is 10.0 Å². The van der Waals surface area contributed by atoms with Crippen LogP contribution in [0.1, 0.15) is 22.8 Å². The average molecular weight is 348 g/mol. The Hall–Kier alpha value is -2.66. The molecule has 2 aromatic rings. The summed E-state index contributed by atoms with van der Waals surface area (Å²) in [6.07, 6.45) is 3.22. The van der Waals surface area contributed by atoms with Crippen LogP contribution in [-0.4, -0.2) is 23.4 Å². The summed E-state index contributed by atoms with van der Waals surface area (Å²) in [7, 11) is 0. The van der Waals surface area contributed by atoms with E-state index in [1.54, 1.807) is 35.4 Å². The summed E-state index contributed by atoms with van der Waals surface area (Å²) in [5, 5.41) is 9.11. The SMILES string of the molecule is CC(=O)CN(C=Cc1ccc(Cl)c(F)c1)c1cccc(C(=O)O)c1. The normalized spacial score (nSPS) is 10.8. The minimum absolute atomic E-state index is 0.0295. The molecular weight excluding hydrogens is 333 g/mol. The van der Waals surface area contributed by atoms with Gasteiger partial charge in [0.15, 0.2) is 0 Å². The summed E-state index contributed by atoms with van der Waals surface area (Å²) in [5.41, 5.74) is 1.24. The number of carboxylic acids is 1. The molecule has 4 nitrogen and oxygen atoms in total. The number of carbonyl (C=O) groups is 2. The molecular formula is C18H15ClFNO3. The van der Waals surface area contributed by atoms with E-state index in [-0.39, 0.29) is 22.9 Å². The lowest BCUT2D eigenvalue weighted by molar-refractivity contribution is -0.115. The first-order valence-electron chi connectivity index (χ1n) is 7.09. The molecule has 6 heteroatoms. The molecule has 0 aliphatic heterocycles. The largest absolute Gasteiger partial charge is 0.478 e. The third kappa shape index (κ3) is 4.67. The summed E-state index contributed by atoms with van der Waals surface area (Å²) >= 11 is 5.65. The summed E-state index contributed by atoms with van der Waals surface area (Å²) < 4.78 is 13.5. The lowest BCUT2D eigenvalue weighted by Crippen LogP contribution is -2.23. The van der Waals surface area contributed by atoms with E-state index < -0.39 is 11.8 Å². The smallest absolute Gasteiger partial charge is 0.335 e. The Kier molecular flexibility index (Phi) is 5.71. The van der Waals surface area contributed by atoms with Crippen molar-refractivity contribution in [1.82, 2.24) is 0 Å². The Morgan fingerprint density at radius 2 is 2.00 bits per heavy atom. The van der Waals surface area contributed by atoms with E-state index in [0.717, 1.165) is 0 Å². The van der Waals surface area contributed by atoms with E-state index in [1.807, 2.05) is 0 Å². The molecule has 0 aromatic heterocycles. The maximum atomic E-state index is 13.5. The Morgan fingerprint density at radius 1 is 1.25 bits per heavy atom. The Labute approximate surface area is 143 Å². The van der Waals surface area contributed by atoms with Crippen LogP contribution in [0.25, 0.3) is 6.08 Å². The minimum atomic E-state index is -1.05. The molecule has 0 amide bonds. The zero-order valence-electron chi connectivity index (χ0n) is 12.9.